The third-order valence-corrected chi connectivity index (χ3v) is 3.40. The predicted octanol–water partition coefficient (Wildman–Crippen LogP) is 2.92. The van der Waals surface area contributed by atoms with Gasteiger partial charge in [0.25, 0.3) is 0 Å². The van der Waals surface area contributed by atoms with E-state index < -0.39 is 24.5 Å². The van der Waals surface area contributed by atoms with E-state index in [1.165, 1.54) is 0 Å². The Morgan fingerprint density at radius 2 is 2.04 bits per heavy atom. The van der Waals surface area contributed by atoms with Crippen molar-refractivity contribution >= 4 is 6.03 Å². The molecular formula is C15H19F3N2O3. The van der Waals surface area contributed by atoms with E-state index in [1.807, 2.05) is 10.8 Å². The van der Waals surface area contributed by atoms with Crippen LogP contribution in [0.15, 0.2) is 30.3 Å². The van der Waals surface area contributed by atoms with E-state index in [2.05, 4.69) is 0 Å². The molecule has 1 aliphatic rings. The molecule has 2 N–H and O–H groups in total. The lowest BCUT2D eigenvalue weighted by Gasteiger charge is -2.24. The molecule has 1 aliphatic heterocycles. The van der Waals surface area contributed by atoms with Crippen LogP contribution in [0.1, 0.15) is 24.8 Å². The summed E-state index contributed by atoms with van der Waals surface area (Å²) in [5, 5.41) is 1.89. The lowest BCUT2D eigenvalue weighted by atomic mass is 10.1. The Bertz CT molecular complexity index is 490. The molecule has 0 bridgehead atoms. The summed E-state index contributed by atoms with van der Waals surface area (Å²) in [6.45, 7) is 0.507. The molecule has 1 fully saturated rings. The lowest BCUT2D eigenvalue weighted by Crippen LogP contribution is -2.51. The molecule has 1 aromatic rings. The third-order valence-electron chi connectivity index (χ3n) is 3.40. The van der Waals surface area contributed by atoms with Crippen molar-refractivity contribution < 1.29 is 27.5 Å². The number of hydrogen-bond donors (Lipinski definition) is 2. The number of rotatable bonds is 5. The highest BCUT2D eigenvalue weighted by molar-refractivity contribution is 5.73. The highest BCUT2D eigenvalue weighted by Gasteiger charge is 2.40. The zero-order valence-electron chi connectivity index (χ0n) is 12.4. The Balaban J connectivity index is 1.85. The van der Waals surface area contributed by atoms with Crippen molar-refractivity contribution in [3.63, 3.8) is 0 Å². The van der Waals surface area contributed by atoms with Crippen LogP contribution in [0.2, 0.25) is 0 Å². The Kier molecular flexibility index (Phi) is 6.23. The Hall–Kier alpha value is -1.80. The van der Waals surface area contributed by atoms with Crippen molar-refractivity contribution in [2.24, 2.45) is 0 Å². The first-order chi connectivity index (χ1) is 10.9. The zero-order chi connectivity index (χ0) is 16.7. The summed E-state index contributed by atoms with van der Waals surface area (Å²) in [5.41, 5.74) is 2.44. The smallest absolute Gasteiger partial charge is 0.350 e. The van der Waals surface area contributed by atoms with Crippen LogP contribution in [0.4, 0.5) is 18.0 Å². The van der Waals surface area contributed by atoms with Gasteiger partial charge in [-0.15, -0.1) is 0 Å². The van der Waals surface area contributed by atoms with Crippen LogP contribution in [0.3, 0.4) is 0 Å². The molecular weight excluding hydrogens is 313 g/mol. The van der Waals surface area contributed by atoms with Gasteiger partial charge in [0, 0.05) is 19.4 Å². The number of halogens is 3. The number of alkyl halides is 3. The number of amides is 2. The Labute approximate surface area is 132 Å². The molecule has 0 aromatic heterocycles. The van der Waals surface area contributed by atoms with Gasteiger partial charge >= 0.3 is 12.2 Å². The van der Waals surface area contributed by atoms with Crippen LogP contribution < -0.4 is 10.8 Å². The number of hydroxylamine groups is 1. The number of ether oxygens (including phenoxy) is 1. The molecule has 2 amide bonds. The summed E-state index contributed by atoms with van der Waals surface area (Å²) in [5.74, 6) is 0. The van der Waals surface area contributed by atoms with Crippen molar-refractivity contribution in [1.82, 2.24) is 10.8 Å². The van der Waals surface area contributed by atoms with Gasteiger partial charge in [0.2, 0.25) is 0 Å². The zero-order valence-corrected chi connectivity index (χ0v) is 12.4. The average Bonchev–Trinajstić information content (AvgIpc) is 2.53. The molecule has 23 heavy (non-hydrogen) atoms. The van der Waals surface area contributed by atoms with Gasteiger partial charge in [-0.1, -0.05) is 30.3 Å². The first-order valence-corrected chi connectivity index (χ1v) is 7.39. The maximum absolute atomic E-state index is 13.1. The second-order valence-electron chi connectivity index (χ2n) is 5.27. The van der Waals surface area contributed by atoms with Gasteiger partial charge in [0.05, 0.1) is 0 Å². The van der Waals surface area contributed by atoms with E-state index >= 15 is 0 Å². The van der Waals surface area contributed by atoms with Gasteiger partial charge in [0.15, 0.2) is 6.29 Å². The van der Waals surface area contributed by atoms with Gasteiger partial charge in [0.1, 0.15) is 6.04 Å². The maximum atomic E-state index is 13.1. The molecule has 1 saturated heterocycles. The molecule has 1 heterocycles. The minimum Gasteiger partial charge on any atom is -0.350 e. The standard InChI is InChI=1S/C15H19F3N2O3/c16-15(17,18)12(10-11-6-2-1-3-7-11)19-14(21)20-23-13-8-4-5-9-22-13/h1-3,6-7,12-13H,4-5,8-10H2,(H2,19,20,21). The molecule has 1 aromatic carbocycles. The van der Waals surface area contributed by atoms with Gasteiger partial charge in [-0.05, 0) is 18.4 Å². The van der Waals surface area contributed by atoms with Gasteiger partial charge in [-0.2, -0.15) is 13.2 Å². The summed E-state index contributed by atoms with van der Waals surface area (Å²) in [7, 11) is 0. The van der Waals surface area contributed by atoms with Crippen LogP contribution in [-0.2, 0) is 16.0 Å². The van der Waals surface area contributed by atoms with Crippen molar-refractivity contribution in [1.29, 1.82) is 0 Å². The van der Waals surface area contributed by atoms with Crippen LogP contribution in [0, 0.1) is 0 Å². The summed E-state index contributed by atoms with van der Waals surface area (Å²) in [6, 6.07) is 5.11. The third kappa shape index (κ3) is 6.07. The molecule has 0 radical (unpaired) electrons. The molecule has 0 aliphatic carbocycles. The number of hydrogen-bond acceptors (Lipinski definition) is 3. The average molecular weight is 332 g/mol. The lowest BCUT2D eigenvalue weighted by molar-refractivity contribution is -0.187. The Morgan fingerprint density at radius 1 is 1.30 bits per heavy atom. The predicted molar refractivity (Wildman–Crippen MR) is 76.3 cm³/mol. The highest BCUT2D eigenvalue weighted by Crippen LogP contribution is 2.23. The van der Waals surface area contributed by atoms with Crippen LogP contribution >= 0.6 is 0 Å². The SMILES string of the molecule is O=C(NOC1CCCCO1)NC(Cc1ccccc1)C(F)(F)F. The maximum Gasteiger partial charge on any atom is 0.408 e. The largest absolute Gasteiger partial charge is 0.408 e. The minimum atomic E-state index is -4.56. The van der Waals surface area contributed by atoms with Gasteiger partial charge < -0.3 is 10.1 Å². The Morgan fingerprint density at radius 3 is 2.65 bits per heavy atom. The minimum absolute atomic E-state index is 0.350. The molecule has 128 valence electrons. The van der Waals surface area contributed by atoms with Crippen LogP contribution in [0.5, 0.6) is 0 Å². The van der Waals surface area contributed by atoms with E-state index in [9.17, 15) is 18.0 Å². The topological polar surface area (TPSA) is 59.6 Å². The summed E-state index contributed by atoms with van der Waals surface area (Å²) < 4.78 is 44.4. The molecule has 8 heteroatoms. The van der Waals surface area contributed by atoms with Crippen molar-refractivity contribution in [3.8, 4) is 0 Å². The van der Waals surface area contributed by atoms with E-state index in [0.717, 1.165) is 12.8 Å². The molecule has 2 rings (SSSR count). The first-order valence-electron chi connectivity index (χ1n) is 7.39. The summed E-state index contributed by atoms with van der Waals surface area (Å²) >= 11 is 0. The van der Waals surface area contributed by atoms with Crippen LogP contribution in [0.25, 0.3) is 0 Å². The number of urea groups is 1. The van der Waals surface area contributed by atoms with Crippen molar-refractivity contribution in [2.45, 2.75) is 44.2 Å². The quantitative estimate of drug-likeness (QED) is 0.815. The molecule has 2 unspecified atom stereocenters. The summed E-state index contributed by atoms with van der Waals surface area (Å²) in [4.78, 5) is 16.6. The van der Waals surface area contributed by atoms with E-state index in [0.29, 0.717) is 18.6 Å². The molecule has 5 nitrogen and oxygen atoms in total. The van der Waals surface area contributed by atoms with Gasteiger partial charge in [-0.25, -0.2) is 15.1 Å². The number of benzene rings is 1. The first kappa shape index (κ1) is 17.6. The fraction of sp³-hybridized carbons (Fsp3) is 0.533. The highest BCUT2D eigenvalue weighted by atomic mass is 19.4. The van der Waals surface area contributed by atoms with Crippen molar-refractivity contribution in [2.75, 3.05) is 6.61 Å². The van der Waals surface area contributed by atoms with E-state index in [4.69, 9.17) is 9.57 Å². The molecule has 0 spiro atoms. The fourth-order valence-corrected chi connectivity index (χ4v) is 2.21. The number of carbonyl (C=O) groups is 1. The fourth-order valence-electron chi connectivity index (χ4n) is 2.21. The monoisotopic (exact) mass is 332 g/mol. The second kappa shape index (κ2) is 8.16. The summed E-state index contributed by atoms with van der Waals surface area (Å²) in [6.07, 6.45) is -3.15. The van der Waals surface area contributed by atoms with E-state index in [-0.39, 0.29) is 6.42 Å². The van der Waals surface area contributed by atoms with Crippen LogP contribution in [-0.4, -0.2) is 31.1 Å². The molecule has 2 atom stereocenters. The molecule has 0 saturated carbocycles. The second-order valence-corrected chi connectivity index (χ2v) is 5.27. The number of carbonyl (C=O) groups excluding carboxylic acids is 1. The van der Waals surface area contributed by atoms with E-state index in [1.54, 1.807) is 30.3 Å². The van der Waals surface area contributed by atoms with Gasteiger partial charge in [-0.3, -0.25) is 0 Å². The van der Waals surface area contributed by atoms with Crippen molar-refractivity contribution in [3.05, 3.63) is 35.9 Å². The number of nitrogens with one attached hydrogen (secondary N) is 2. The normalized spacial score (nSPS) is 19.9.